The molecule has 0 aliphatic rings. The first kappa shape index (κ1) is 13.7. The molecular formula is C14H10Br2F2. The molecular weight excluding hydrogens is 366 g/mol. The van der Waals surface area contributed by atoms with E-state index in [4.69, 9.17) is 0 Å². The van der Waals surface area contributed by atoms with Crippen LogP contribution in [-0.4, -0.2) is 0 Å². The van der Waals surface area contributed by atoms with Gasteiger partial charge in [0.15, 0.2) is 0 Å². The molecule has 4 heteroatoms. The Labute approximate surface area is 121 Å². The van der Waals surface area contributed by atoms with E-state index in [-0.39, 0.29) is 4.83 Å². The Bertz CT molecular complexity index is 562. The zero-order valence-electron chi connectivity index (χ0n) is 9.55. The van der Waals surface area contributed by atoms with Gasteiger partial charge in [0, 0.05) is 10.0 Å². The van der Waals surface area contributed by atoms with E-state index < -0.39 is 11.6 Å². The molecule has 2 rings (SSSR count). The minimum Gasteiger partial charge on any atom is -0.207 e. The molecule has 0 amide bonds. The summed E-state index contributed by atoms with van der Waals surface area (Å²) in [4.78, 5) is -0.371. The van der Waals surface area contributed by atoms with Gasteiger partial charge in [-0.15, -0.1) is 0 Å². The quantitative estimate of drug-likeness (QED) is 0.606. The van der Waals surface area contributed by atoms with Crippen LogP contribution in [0.15, 0.2) is 40.9 Å². The van der Waals surface area contributed by atoms with Gasteiger partial charge in [0.25, 0.3) is 0 Å². The predicted octanol–water partition coefficient (Wildman–Crippen LogP) is 5.52. The molecule has 1 atom stereocenters. The van der Waals surface area contributed by atoms with Crippen molar-refractivity contribution in [1.29, 1.82) is 0 Å². The maximum absolute atomic E-state index is 13.7. The van der Waals surface area contributed by atoms with E-state index in [1.54, 1.807) is 0 Å². The molecule has 1 unspecified atom stereocenters. The fourth-order valence-corrected chi connectivity index (χ4v) is 3.04. The highest BCUT2D eigenvalue weighted by Crippen LogP contribution is 2.34. The summed E-state index contributed by atoms with van der Waals surface area (Å²) in [7, 11) is 0. The van der Waals surface area contributed by atoms with E-state index in [1.165, 1.54) is 6.07 Å². The van der Waals surface area contributed by atoms with Gasteiger partial charge in [0.1, 0.15) is 11.6 Å². The summed E-state index contributed by atoms with van der Waals surface area (Å²) in [6.45, 7) is 1.95. The number of hydrogen-bond donors (Lipinski definition) is 0. The van der Waals surface area contributed by atoms with Crippen molar-refractivity contribution in [3.8, 4) is 0 Å². The second kappa shape index (κ2) is 5.49. The van der Waals surface area contributed by atoms with Gasteiger partial charge < -0.3 is 0 Å². The second-order valence-corrected chi connectivity index (χ2v) is 5.92. The lowest BCUT2D eigenvalue weighted by atomic mass is 10.0. The van der Waals surface area contributed by atoms with E-state index >= 15 is 0 Å². The Morgan fingerprint density at radius 3 is 2.44 bits per heavy atom. The topological polar surface area (TPSA) is 0 Å². The van der Waals surface area contributed by atoms with Crippen molar-refractivity contribution in [2.75, 3.05) is 0 Å². The Hall–Kier alpha value is -0.740. The van der Waals surface area contributed by atoms with Gasteiger partial charge in [-0.3, -0.25) is 0 Å². The number of hydrogen-bond acceptors (Lipinski definition) is 0. The Morgan fingerprint density at radius 1 is 1.06 bits per heavy atom. The first-order chi connectivity index (χ1) is 8.47. The molecule has 0 bridgehead atoms. The van der Waals surface area contributed by atoms with Crippen LogP contribution in [0.2, 0.25) is 0 Å². The fourth-order valence-electron chi connectivity index (χ4n) is 1.80. The third kappa shape index (κ3) is 2.98. The number of halogens is 4. The molecule has 0 heterocycles. The van der Waals surface area contributed by atoms with Crippen LogP contribution < -0.4 is 0 Å². The molecule has 18 heavy (non-hydrogen) atoms. The minimum atomic E-state index is -0.442. The van der Waals surface area contributed by atoms with Gasteiger partial charge in [-0.2, -0.15) is 0 Å². The highest BCUT2D eigenvalue weighted by Gasteiger charge is 2.16. The summed E-state index contributed by atoms with van der Waals surface area (Å²) in [5.74, 6) is -0.863. The summed E-state index contributed by atoms with van der Waals surface area (Å²) in [5, 5.41) is 0. The van der Waals surface area contributed by atoms with E-state index in [0.717, 1.165) is 27.7 Å². The molecule has 0 aliphatic heterocycles. The van der Waals surface area contributed by atoms with Crippen LogP contribution >= 0.6 is 31.9 Å². The lowest BCUT2D eigenvalue weighted by Gasteiger charge is -2.13. The lowest BCUT2D eigenvalue weighted by molar-refractivity contribution is 0.588. The van der Waals surface area contributed by atoms with Gasteiger partial charge in [0.05, 0.1) is 4.83 Å². The summed E-state index contributed by atoms with van der Waals surface area (Å²) in [6, 6.07) is 9.26. The monoisotopic (exact) mass is 374 g/mol. The predicted molar refractivity (Wildman–Crippen MR) is 76.0 cm³/mol. The minimum absolute atomic E-state index is 0.299. The average Bonchev–Trinajstić information content (AvgIpc) is 2.30. The zero-order valence-corrected chi connectivity index (χ0v) is 12.7. The van der Waals surface area contributed by atoms with E-state index in [2.05, 4.69) is 31.9 Å². The normalized spacial score (nSPS) is 12.5. The molecule has 0 aliphatic carbocycles. The Morgan fingerprint density at radius 2 is 1.78 bits per heavy atom. The molecule has 0 nitrogen and oxygen atoms in total. The van der Waals surface area contributed by atoms with E-state index in [1.807, 2.05) is 25.1 Å². The molecule has 0 fully saturated rings. The molecule has 2 aromatic rings. The third-order valence-electron chi connectivity index (χ3n) is 2.59. The van der Waals surface area contributed by atoms with Crippen LogP contribution in [-0.2, 0) is 0 Å². The SMILES string of the molecule is Cc1cc(Br)cc(C(Br)c2cc(F)ccc2F)c1. The third-order valence-corrected chi connectivity index (χ3v) is 4.07. The van der Waals surface area contributed by atoms with Gasteiger partial charge in [-0.25, -0.2) is 8.78 Å². The first-order valence-electron chi connectivity index (χ1n) is 5.33. The maximum atomic E-state index is 13.7. The van der Waals surface area contributed by atoms with Crippen molar-refractivity contribution in [2.45, 2.75) is 11.8 Å². The summed E-state index contributed by atoms with van der Waals surface area (Å²) < 4.78 is 27.8. The van der Waals surface area contributed by atoms with E-state index in [0.29, 0.717) is 5.56 Å². The smallest absolute Gasteiger partial charge is 0.128 e. The number of aryl methyl sites for hydroxylation is 1. The lowest BCUT2D eigenvalue weighted by Crippen LogP contribution is -1.98. The molecule has 0 saturated heterocycles. The van der Waals surface area contributed by atoms with Gasteiger partial charge in [0.2, 0.25) is 0 Å². The molecule has 0 spiro atoms. The summed E-state index contributed by atoms with van der Waals surface area (Å²) >= 11 is 6.82. The maximum Gasteiger partial charge on any atom is 0.128 e. The summed E-state index contributed by atoms with van der Waals surface area (Å²) in [6.07, 6.45) is 0. The van der Waals surface area contributed by atoms with Crippen molar-refractivity contribution in [3.05, 3.63) is 69.2 Å². The standard InChI is InChI=1S/C14H10Br2F2/c1-8-4-9(6-10(15)5-8)14(16)12-7-11(17)2-3-13(12)18/h2-7,14H,1H3. The molecule has 0 saturated carbocycles. The van der Waals surface area contributed by atoms with E-state index in [9.17, 15) is 8.78 Å². The van der Waals surface area contributed by atoms with Crippen molar-refractivity contribution < 1.29 is 8.78 Å². The highest BCUT2D eigenvalue weighted by molar-refractivity contribution is 9.10. The second-order valence-electron chi connectivity index (χ2n) is 4.09. The average molecular weight is 376 g/mol. The zero-order chi connectivity index (χ0) is 13.3. The number of alkyl halides is 1. The van der Waals surface area contributed by atoms with Gasteiger partial charge in [-0.05, 0) is 48.4 Å². The highest BCUT2D eigenvalue weighted by atomic mass is 79.9. The Kier molecular flexibility index (Phi) is 4.17. The van der Waals surface area contributed by atoms with Crippen LogP contribution in [0.3, 0.4) is 0 Å². The number of benzene rings is 2. The molecule has 2 aromatic carbocycles. The molecule has 0 N–H and O–H groups in total. The summed E-state index contributed by atoms with van der Waals surface area (Å²) in [5.41, 5.74) is 2.24. The number of rotatable bonds is 2. The van der Waals surface area contributed by atoms with Crippen LogP contribution in [0.4, 0.5) is 8.78 Å². The van der Waals surface area contributed by atoms with Crippen LogP contribution in [0, 0.1) is 18.6 Å². The molecule has 0 aromatic heterocycles. The van der Waals surface area contributed by atoms with Crippen LogP contribution in [0.5, 0.6) is 0 Å². The van der Waals surface area contributed by atoms with Crippen molar-refractivity contribution in [3.63, 3.8) is 0 Å². The fraction of sp³-hybridized carbons (Fsp3) is 0.143. The van der Waals surface area contributed by atoms with Crippen LogP contribution in [0.1, 0.15) is 21.5 Å². The van der Waals surface area contributed by atoms with Crippen molar-refractivity contribution in [2.24, 2.45) is 0 Å². The largest absolute Gasteiger partial charge is 0.207 e. The molecule has 0 radical (unpaired) electrons. The Balaban J connectivity index is 2.47. The van der Waals surface area contributed by atoms with Crippen molar-refractivity contribution in [1.82, 2.24) is 0 Å². The first-order valence-corrected chi connectivity index (χ1v) is 7.04. The van der Waals surface area contributed by atoms with Crippen LogP contribution in [0.25, 0.3) is 0 Å². The van der Waals surface area contributed by atoms with Gasteiger partial charge in [-0.1, -0.05) is 37.9 Å². The van der Waals surface area contributed by atoms with Crippen molar-refractivity contribution >= 4 is 31.9 Å². The molecule has 94 valence electrons. The van der Waals surface area contributed by atoms with Gasteiger partial charge >= 0.3 is 0 Å².